The number of nitrogens with two attached hydrogens (primary N) is 1. The van der Waals surface area contributed by atoms with Crippen molar-refractivity contribution in [3.05, 3.63) is 53.7 Å². The van der Waals surface area contributed by atoms with E-state index < -0.39 is 0 Å². The summed E-state index contributed by atoms with van der Waals surface area (Å²) in [6, 6.07) is 10.6. The van der Waals surface area contributed by atoms with Crippen LogP contribution in [0.2, 0.25) is 0 Å². The number of benzene rings is 1. The largest absolute Gasteiger partial charge is 0.398 e. The van der Waals surface area contributed by atoms with E-state index in [1.165, 1.54) is 0 Å². The molecule has 6 heteroatoms. The summed E-state index contributed by atoms with van der Waals surface area (Å²) in [5, 5.41) is 11.5. The number of aromatic nitrogens is 1. The highest BCUT2D eigenvalue weighted by Gasteiger charge is 2.29. The van der Waals surface area contributed by atoms with Gasteiger partial charge in [0.15, 0.2) is 0 Å². The van der Waals surface area contributed by atoms with E-state index in [1.54, 1.807) is 36.3 Å². The highest BCUT2D eigenvalue weighted by molar-refractivity contribution is 6.14. The number of rotatable bonds is 4. The summed E-state index contributed by atoms with van der Waals surface area (Å²) in [5.41, 5.74) is 8.23. The molecule has 1 fully saturated rings. The minimum absolute atomic E-state index is 0.0691. The summed E-state index contributed by atoms with van der Waals surface area (Å²) in [5.74, 6) is 0.662. The average molecular weight is 309 g/mol. The first-order chi connectivity index (χ1) is 11.1. The molecule has 3 rings (SSSR count). The molecule has 1 aromatic carbocycles. The molecule has 1 amide bonds. The Morgan fingerprint density at radius 2 is 2.17 bits per heavy atom. The Kier molecular flexibility index (Phi) is 3.97. The Morgan fingerprint density at radius 3 is 2.87 bits per heavy atom. The van der Waals surface area contributed by atoms with Gasteiger partial charge >= 0.3 is 0 Å². The summed E-state index contributed by atoms with van der Waals surface area (Å²) < 4.78 is 0. The molecule has 1 atom stereocenters. The lowest BCUT2D eigenvalue weighted by Crippen LogP contribution is -2.31. The maximum atomic E-state index is 12.0. The number of carbonyl (C=O) groups excluding carboxylic acids is 1. The lowest BCUT2D eigenvalue weighted by molar-refractivity contribution is -0.127. The number of para-hydroxylation sites is 1. The zero-order chi connectivity index (χ0) is 16.4. The van der Waals surface area contributed by atoms with Gasteiger partial charge in [0.1, 0.15) is 11.9 Å². The fraction of sp³-hybridized carbons (Fsp3) is 0.235. The van der Waals surface area contributed by atoms with E-state index in [-0.39, 0.29) is 11.9 Å². The van der Waals surface area contributed by atoms with Crippen LogP contribution in [0.3, 0.4) is 0 Å². The first-order valence-corrected chi connectivity index (χ1v) is 7.47. The van der Waals surface area contributed by atoms with Gasteiger partial charge in [-0.05, 0) is 24.6 Å². The van der Waals surface area contributed by atoms with Crippen molar-refractivity contribution in [2.24, 2.45) is 0 Å². The summed E-state index contributed by atoms with van der Waals surface area (Å²) >= 11 is 0. The Hall–Kier alpha value is -2.89. The summed E-state index contributed by atoms with van der Waals surface area (Å²) in [4.78, 5) is 17.9. The van der Waals surface area contributed by atoms with Crippen LogP contribution in [0, 0.1) is 5.41 Å². The number of likely N-dealkylation sites (tertiary alicyclic amines) is 1. The quantitative estimate of drug-likeness (QED) is 0.592. The highest BCUT2D eigenvalue weighted by atomic mass is 16.2. The average Bonchev–Trinajstić information content (AvgIpc) is 2.87. The second kappa shape index (κ2) is 6.08. The van der Waals surface area contributed by atoms with E-state index >= 15 is 0 Å². The van der Waals surface area contributed by atoms with E-state index in [0.717, 1.165) is 13.0 Å². The molecule has 1 aliphatic heterocycles. The van der Waals surface area contributed by atoms with Gasteiger partial charge in [-0.3, -0.25) is 10.2 Å². The van der Waals surface area contributed by atoms with Gasteiger partial charge in [-0.25, -0.2) is 4.98 Å². The number of hydrogen-bond donors (Lipinski definition) is 3. The summed E-state index contributed by atoms with van der Waals surface area (Å²) in [7, 11) is 1.79. The third-order valence-corrected chi connectivity index (χ3v) is 4.03. The topological polar surface area (TPSA) is 95.1 Å². The molecule has 0 saturated carbocycles. The molecule has 0 bridgehead atoms. The molecule has 0 aliphatic carbocycles. The predicted molar refractivity (Wildman–Crippen MR) is 90.7 cm³/mol. The normalized spacial score (nSPS) is 17.3. The number of hydrogen-bond acceptors (Lipinski definition) is 5. The SMILES string of the molecule is CN1CCC(Nc2cc(C(=N)c3ccccc3N)ccn2)C1=O. The molecule has 2 heterocycles. The molecule has 6 nitrogen and oxygen atoms in total. The molecule has 0 radical (unpaired) electrons. The second-order valence-electron chi connectivity index (χ2n) is 5.64. The van der Waals surface area contributed by atoms with Crippen LogP contribution in [0.15, 0.2) is 42.6 Å². The van der Waals surface area contributed by atoms with Crippen molar-refractivity contribution in [1.29, 1.82) is 5.41 Å². The van der Waals surface area contributed by atoms with Crippen LogP contribution in [-0.2, 0) is 4.79 Å². The summed E-state index contributed by atoms with van der Waals surface area (Å²) in [6.07, 6.45) is 2.39. The molecule has 1 saturated heterocycles. The molecule has 4 N–H and O–H groups in total. The molecule has 1 aromatic heterocycles. The van der Waals surface area contributed by atoms with Gasteiger partial charge in [0.25, 0.3) is 0 Å². The maximum absolute atomic E-state index is 12.0. The van der Waals surface area contributed by atoms with Crippen molar-refractivity contribution in [1.82, 2.24) is 9.88 Å². The number of nitrogen functional groups attached to an aromatic ring is 1. The van der Waals surface area contributed by atoms with Gasteiger partial charge in [0, 0.05) is 36.6 Å². The Morgan fingerprint density at radius 1 is 1.39 bits per heavy atom. The monoisotopic (exact) mass is 309 g/mol. The van der Waals surface area contributed by atoms with E-state index in [0.29, 0.717) is 28.3 Å². The predicted octanol–water partition coefficient (Wildman–Crippen LogP) is 1.72. The van der Waals surface area contributed by atoms with Crippen LogP contribution in [-0.4, -0.2) is 41.1 Å². The van der Waals surface area contributed by atoms with Gasteiger partial charge in [-0.1, -0.05) is 18.2 Å². The molecule has 1 unspecified atom stereocenters. The van der Waals surface area contributed by atoms with Gasteiger partial charge in [0.05, 0.1) is 5.71 Å². The lowest BCUT2D eigenvalue weighted by Gasteiger charge is -2.14. The third-order valence-electron chi connectivity index (χ3n) is 4.03. The van der Waals surface area contributed by atoms with Crippen molar-refractivity contribution < 1.29 is 4.79 Å². The van der Waals surface area contributed by atoms with E-state index in [9.17, 15) is 4.79 Å². The molecule has 118 valence electrons. The first-order valence-electron chi connectivity index (χ1n) is 7.47. The molecule has 1 aliphatic rings. The van der Waals surface area contributed by atoms with Gasteiger partial charge in [-0.15, -0.1) is 0 Å². The number of anilines is 2. The molecule has 2 aromatic rings. The Bertz CT molecular complexity index is 758. The minimum Gasteiger partial charge on any atom is -0.398 e. The fourth-order valence-corrected chi connectivity index (χ4v) is 2.68. The van der Waals surface area contributed by atoms with Crippen LogP contribution < -0.4 is 11.1 Å². The number of nitrogens with one attached hydrogen (secondary N) is 2. The van der Waals surface area contributed by atoms with Gasteiger partial charge < -0.3 is 16.0 Å². The van der Waals surface area contributed by atoms with Crippen LogP contribution in [0.5, 0.6) is 0 Å². The van der Waals surface area contributed by atoms with Crippen LogP contribution in [0.25, 0.3) is 0 Å². The van der Waals surface area contributed by atoms with Crippen molar-refractivity contribution in [2.75, 3.05) is 24.6 Å². The fourth-order valence-electron chi connectivity index (χ4n) is 2.68. The second-order valence-corrected chi connectivity index (χ2v) is 5.64. The number of likely N-dealkylation sites (N-methyl/N-ethyl adjacent to an activating group) is 1. The lowest BCUT2D eigenvalue weighted by atomic mass is 10.0. The van der Waals surface area contributed by atoms with E-state index in [1.807, 2.05) is 18.2 Å². The molecule has 23 heavy (non-hydrogen) atoms. The van der Waals surface area contributed by atoms with Gasteiger partial charge in [0.2, 0.25) is 5.91 Å². The van der Waals surface area contributed by atoms with Crippen LogP contribution >= 0.6 is 0 Å². The number of nitrogens with zero attached hydrogens (tertiary/aromatic N) is 2. The zero-order valence-electron chi connectivity index (χ0n) is 12.9. The van der Waals surface area contributed by atoms with Gasteiger partial charge in [-0.2, -0.15) is 0 Å². The number of pyridine rings is 1. The summed E-state index contributed by atoms with van der Waals surface area (Å²) in [6.45, 7) is 0.743. The smallest absolute Gasteiger partial charge is 0.244 e. The first kappa shape index (κ1) is 15.0. The highest BCUT2D eigenvalue weighted by Crippen LogP contribution is 2.19. The number of carbonyl (C=O) groups is 1. The maximum Gasteiger partial charge on any atom is 0.244 e. The Labute approximate surface area is 134 Å². The Balaban J connectivity index is 1.82. The van der Waals surface area contributed by atoms with Crippen molar-refractivity contribution >= 4 is 23.1 Å². The van der Waals surface area contributed by atoms with E-state index in [4.69, 9.17) is 11.1 Å². The standard InChI is InChI=1S/C17H19N5O/c1-22-9-7-14(17(22)23)21-15-10-11(6-8-20-15)16(19)12-4-2-3-5-13(12)18/h2-6,8,10,14,19H,7,9,18H2,1H3,(H,20,21). The third kappa shape index (κ3) is 3.01. The van der Waals surface area contributed by atoms with Crippen LogP contribution in [0.1, 0.15) is 17.5 Å². The number of amides is 1. The molecular formula is C17H19N5O. The van der Waals surface area contributed by atoms with E-state index in [2.05, 4.69) is 10.3 Å². The zero-order valence-corrected chi connectivity index (χ0v) is 12.9. The van der Waals surface area contributed by atoms with Crippen molar-refractivity contribution in [2.45, 2.75) is 12.5 Å². The van der Waals surface area contributed by atoms with Crippen molar-refractivity contribution in [3.8, 4) is 0 Å². The molecular weight excluding hydrogens is 290 g/mol. The molecule has 0 spiro atoms. The minimum atomic E-state index is -0.251. The van der Waals surface area contributed by atoms with Crippen molar-refractivity contribution in [3.63, 3.8) is 0 Å². The van der Waals surface area contributed by atoms with Crippen LogP contribution in [0.4, 0.5) is 11.5 Å².